The molecule has 0 atom stereocenters. The molecule has 0 heterocycles. The number of nitrogens with two attached hydrogens (primary N) is 1. The summed E-state index contributed by atoms with van der Waals surface area (Å²) in [7, 11) is 0. The van der Waals surface area contributed by atoms with Crippen LogP contribution in [0, 0.1) is 5.82 Å². The van der Waals surface area contributed by atoms with Crippen molar-refractivity contribution in [2.45, 2.75) is 59.2 Å². The minimum atomic E-state index is -0.133. The molecule has 0 saturated heterocycles. The van der Waals surface area contributed by atoms with E-state index in [0.29, 0.717) is 18.2 Å². The Balaban J connectivity index is 2.73. The Labute approximate surface area is 116 Å². The SMILES string of the molecule is CCCCCN(Cc1cccc(CN)c1F)C(C)C. The Hall–Kier alpha value is -0.930. The second-order valence-corrected chi connectivity index (χ2v) is 5.37. The summed E-state index contributed by atoms with van der Waals surface area (Å²) in [5.41, 5.74) is 6.92. The van der Waals surface area contributed by atoms with Gasteiger partial charge in [0.1, 0.15) is 5.82 Å². The van der Waals surface area contributed by atoms with Gasteiger partial charge in [-0.25, -0.2) is 4.39 Å². The lowest BCUT2D eigenvalue weighted by Gasteiger charge is -2.27. The van der Waals surface area contributed by atoms with Crippen LogP contribution in [-0.2, 0) is 13.1 Å². The standard InChI is InChI=1S/C16H27FN2/c1-4-5-6-10-19(13(2)3)12-15-9-7-8-14(11-18)16(15)17/h7-9,13H,4-6,10-12,18H2,1-3H3. The number of halogens is 1. The average molecular weight is 266 g/mol. The molecule has 0 aliphatic carbocycles. The molecule has 0 saturated carbocycles. The van der Waals surface area contributed by atoms with Gasteiger partial charge in [-0.2, -0.15) is 0 Å². The van der Waals surface area contributed by atoms with Crippen LogP contribution in [0.4, 0.5) is 4.39 Å². The smallest absolute Gasteiger partial charge is 0.132 e. The molecule has 108 valence electrons. The van der Waals surface area contributed by atoms with Crippen molar-refractivity contribution in [2.24, 2.45) is 5.73 Å². The molecule has 0 unspecified atom stereocenters. The third-order valence-corrected chi connectivity index (χ3v) is 3.53. The van der Waals surface area contributed by atoms with Gasteiger partial charge in [0.25, 0.3) is 0 Å². The average Bonchev–Trinajstić information content (AvgIpc) is 2.39. The zero-order valence-electron chi connectivity index (χ0n) is 12.5. The minimum Gasteiger partial charge on any atom is -0.326 e. The molecule has 0 fully saturated rings. The van der Waals surface area contributed by atoms with Crippen LogP contribution in [0.15, 0.2) is 18.2 Å². The van der Waals surface area contributed by atoms with Crippen LogP contribution >= 0.6 is 0 Å². The summed E-state index contributed by atoms with van der Waals surface area (Å²) < 4.78 is 14.2. The lowest BCUT2D eigenvalue weighted by Crippen LogP contribution is -2.31. The van der Waals surface area contributed by atoms with E-state index in [0.717, 1.165) is 12.1 Å². The van der Waals surface area contributed by atoms with E-state index < -0.39 is 0 Å². The van der Waals surface area contributed by atoms with Gasteiger partial charge >= 0.3 is 0 Å². The normalized spacial score (nSPS) is 11.5. The summed E-state index contributed by atoms with van der Waals surface area (Å²) in [6.45, 7) is 8.48. The predicted octanol–water partition coefficient (Wildman–Crippen LogP) is 3.69. The van der Waals surface area contributed by atoms with Gasteiger partial charge in [0.2, 0.25) is 0 Å². The summed E-state index contributed by atoms with van der Waals surface area (Å²) in [4.78, 5) is 2.33. The fourth-order valence-electron chi connectivity index (χ4n) is 2.22. The van der Waals surface area contributed by atoms with Gasteiger partial charge in [0.15, 0.2) is 0 Å². The molecular weight excluding hydrogens is 239 g/mol. The highest BCUT2D eigenvalue weighted by molar-refractivity contribution is 5.25. The first-order valence-electron chi connectivity index (χ1n) is 7.30. The van der Waals surface area contributed by atoms with Crippen molar-refractivity contribution in [2.75, 3.05) is 6.54 Å². The molecule has 0 aromatic heterocycles. The molecule has 0 radical (unpaired) electrons. The third-order valence-electron chi connectivity index (χ3n) is 3.53. The Morgan fingerprint density at radius 3 is 2.47 bits per heavy atom. The van der Waals surface area contributed by atoms with Crippen LogP contribution in [-0.4, -0.2) is 17.5 Å². The first-order chi connectivity index (χ1) is 9.10. The van der Waals surface area contributed by atoms with E-state index in [2.05, 4.69) is 25.7 Å². The Bertz CT molecular complexity index is 377. The molecule has 19 heavy (non-hydrogen) atoms. The van der Waals surface area contributed by atoms with Gasteiger partial charge in [-0.3, -0.25) is 4.90 Å². The number of hydrogen-bond acceptors (Lipinski definition) is 2. The van der Waals surface area contributed by atoms with Gasteiger partial charge in [-0.1, -0.05) is 38.0 Å². The van der Waals surface area contributed by atoms with E-state index in [1.165, 1.54) is 19.3 Å². The van der Waals surface area contributed by atoms with Crippen LogP contribution in [0.1, 0.15) is 51.2 Å². The summed E-state index contributed by atoms with van der Waals surface area (Å²) in [6.07, 6.45) is 3.62. The minimum absolute atomic E-state index is 0.133. The molecule has 1 rings (SSSR count). The molecule has 0 bridgehead atoms. The van der Waals surface area contributed by atoms with Crippen molar-refractivity contribution in [3.05, 3.63) is 35.1 Å². The van der Waals surface area contributed by atoms with Gasteiger partial charge in [-0.05, 0) is 26.8 Å². The number of nitrogens with zero attached hydrogens (tertiary/aromatic N) is 1. The summed E-state index contributed by atoms with van der Waals surface area (Å²) in [6, 6.07) is 5.95. The Morgan fingerprint density at radius 2 is 1.89 bits per heavy atom. The monoisotopic (exact) mass is 266 g/mol. The zero-order valence-corrected chi connectivity index (χ0v) is 12.5. The molecule has 0 aliphatic rings. The number of benzene rings is 1. The molecular formula is C16H27FN2. The zero-order chi connectivity index (χ0) is 14.3. The van der Waals surface area contributed by atoms with Crippen LogP contribution in [0.5, 0.6) is 0 Å². The molecule has 2 N–H and O–H groups in total. The van der Waals surface area contributed by atoms with Crippen molar-refractivity contribution in [1.82, 2.24) is 4.90 Å². The summed E-state index contributed by atoms with van der Waals surface area (Å²) in [5, 5.41) is 0. The maximum atomic E-state index is 14.2. The van der Waals surface area contributed by atoms with E-state index >= 15 is 0 Å². The molecule has 0 amide bonds. The highest BCUT2D eigenvalue weighted by Crippen LogP contribution is 2.16. The van der Waals surface area contributed by atoms with Gasteiger partial charge < -0.3 is 5.73 Å². The van der Waals surface area contributed by atoms with E-state index in [9.17, 15) is 4.39 Å². The van der Waals surface area contributed by atoms with Crippen LogP contribution in [0.3, 0.4) is 0 Å². The van der Waals surface area contributed by atoms with E-state index in [4.69, 9.17) is 5.73 Å². The fraction of sp³-hybridized carbons (Fsp3) is 0.625. The Morgan fingerprint density at radius 1 is 1.21 bits per heavy atom. The largest absolute Gasteiger partial charge is 0.326 e. The van der Waals surface area contributed by atoms with E-state index in [1.54, 1.807) is 6.07 Å². The second kappa shape index (κ2) is 8.28. The van der Waals surface area contributed by atoms with Gasteiger partial charge in [-0.15, -0.1) is 0 Å². The van der Waals surface area contributed by atoms with Crippen molar-refractivity contribution in [1.29, 1.82) is 0 Å². The number of hydrogen-bond donors (Lipinski definition) is 1. The van der Waals surface area contributed by atoms with Crippen molar-refractivity contribution in [3.63, 3.8) is 0 Å². The highest BCUT2D eigenvalue weighted by Gasteiger charge is 2.13. The van der Waals surface area contributed by atoms with Crippen LogP contribution in [0.25, 0.3) is 0 Å². The number of unbranched alkanes of at least 4 members (excludes halogenated alkanes) is 2. The number of rotatable bonds is 8. The first kappa shape index (κ1) is 16.1. The van der Waals surface area contributed by atoms with Crippen molar-refractivity contribution in [3.8, 4) is 0 Å². The lowest BCUT2D eigenvalue weighted by atomic mass is 10.1. The topological polar surface area (TPSA) is 29.3 Å². The molecule has 1 aromatic rings. The third kappa shape index (κ3) is 4.92. The van der Waals surface area contributed by atoms with E-state index in [1.807, 2.05) is 12.1 Å². The van der Waals surface area contributed by atoms with Crippen LogP contribution in [0.2, 0.25) is 0 Å². The highest BCUT2D eigenvalue weighted by atomic mass is 19.1. The summed E-state index contributed by atoms with van der Waals surface area (Å²) >= 11 is 0. The van der Waals surface area contributed by atoms with Crippen molar-refractivity contribution >= 4 is 0 Å². The summed E-state index contributed by atoms with van der Waals surface area (Å²) in [5.74, 6) is -0.133. The van der Waals surface area contributed by atoms with Gasteiger partial charge in [0.05, 0.1) is 0 Å². The molecule has 2 nitrogen and oxygen atoms in total. The van der Waals surface area contributed by atoms with Crippen molar-refractivity contribution < 1.29 is 4.39 Å². The molecule has 1 aromatic carbocycles. The maximum absolute atomic E-state index is 14.2. The first-order valence-corrected chi connectivity index (χ1v) is 7.30. The molecule has 3 heteroatoms. The molecule has 0 spiro atoms. The quantitative estimate of drug-likeness (QED) is 0.727. The van der Waals surface area contributed by atoms with Gasteiger partial charge in [0, 0.05) is 30.3 Å². The Kier molecular flexibility index (Phi) is 7.03. The molecule has 0 aliphatic heterocycles. The van der Waals surface area contributed by atoms with Crippen LogP contribution < -0.4 is 5.73 Å². The maximum Gasteiger partial charge on any atom is 0.132 e. The lowest BCUT2D eigenvalue weighted by molar-refractivity contribution is 0.205. The predicted molar refractivity (Wildman–Crippen MR) is 79.4 cm³/mol. The second-order valence-electron chi connectivity index (χ2n) is 5.37. The fourth-order valence-corrected chi connectivity index (χ4v) is 2.22. The van der Waals surface area contributed by atoms with E-state index in [-0.39, 0.29) is 12.4 Å².